The Morgan fingerprint density at radius 2 is 2.03 bits per heavy atom. The lowest BCUT2D eigenvalue weighted by atomic mass is 10.1. The summed E-state index contributed by atoms with van der Waals surface area (Å²) in [6, 6.07) is 9.51. The van der Waals surface area contributed by atoms with Crippen LogP contribution < -0.4 is 15.4 Å². The molecular formula is C23H33F2N5O3S. The fourth-order valence-electron chi connectivity index (χ4n) is 3.47. The van der Waals surface area contributed by atoms with Crippen molar-refractivity contribution in [3.8, 4) is 11.8 Å². The average Bonchev–Trinajstić information content (AvgIpc) is 3.10. The quantitative estimate of drug-likeness (QED) is 0.408. The van der Waals surface area contributed by atoms with Gasteiger partial charge in [-0.1, -0.05) is 0 Å². The number of nitrogens with zero attached hydrogens (tertiary/aromatic N) is 3. The van der Waals surface area contributed by atoms with Crippen LogP contribution in [-0.2, 0) is 9.59 Å². The number of nitriles is 1. The zero-order valence-electron chi connectivity index (χ0n) is 19.8. The van der Waals surface area contributed by atoms with Gasteiger partial charge in [0.25, 0.3) is 6.43 Å². The average molecular weight is 498 g/mol. The highest BCUT2D eigenvalue weighted by molar-refractivity contribution is 8.01. The topological polar surface area (TPSA) is 97.7 Å². The summed E-state index contributed by atoms with van der Waals surface area (Å²) in [5.41, 5.74) is 0.916. The van der Waals surface area contributed by atoms with Crippen LogP contribution >= 0.6 is 11.8 Å². The van der Waals surface area contributed by atoms with E-state index in [1.54, 1.807) is 4.90 Å². The van der Waals surface area contributed by atoms with Crippen molar-refractivity contribution in [2.24, 2.45) is 5.92 Å². The third kappa shape index (κ3) is 8.65. The van der Waals surface area contributed by atoms with Crippen molar-refractivity contribution in [3.63, 3.8) is 0 Å². The number of amides is 2. The molecule has 11 heteroatoms. The molecule has 2 rings (SSSR count). The zero-order chi connectivity index (χ0) is 25.1. The first kappa shape index (κ1) is 27.7. The number of ether oxygens (including phenoxy) is 1. The highest BCUT2D eigenvalue weighted by Gasteiger charge is 2.40. The number of likely N-dealkylation sites (N-methyl/N-ethyl adjacent to an activating group) is 1. The van der Waals surface area contributed by atoms with Gasteiger partial charge in [0.1, 0.15) is 18.3 Å². The highest BCUT2D eigenvalue weighted by atomic mass is 32.2. The number of hydrogen-bond acceptors (Lipinski definition) is 7. The number of rotatable bonds is 14. The van der Waals surface area contributed by atoms with E-state index >= 15 is 0 Å². The van der Waals surface area contributed by atoms with Crippen LogP contribution in [-0.4, -0.2) is 85.5 Å². The van der Waals surface area contributed by atoms with Gasteiger partial charge in [-0.05, 0) is 51.7 Å². The molecule has 1 aliphatic rings. The molecule has 188 valence electrons. The minimum Gasteiger partial charge on any atom is -0.492 e. The summed E-state index contributed by atoms with van der Waals surface area (Å²) in [6.45, 7) is 3.52. The minimum absolute atomic E-state index is 0.0337. The maximum Gasteiger partial charge on any atom is 0.255 e. The lowest BCUT2D eigenvalue weighted by molar-refractivity contribution is -0.131. The van der Waals surface area contributed by atoms with Crippen LogP contribution in [0.25, 0.3) is 0 Å². The van der Waals surface area contributed by atoms with Crippen LogP contribution in [0.5, 0.6) is 5.75 Å². The van der Waals surface area contributed by atoms with E-state index < -0.39 is 24.8 Å². The smallest absolute Gasteiger partial charge is 0.255 e. The highest BCUT2D eigenvalue weighted by Crippen LogP contribution is 2.37. The number of anilines is 1. The first-order valence-corrected chi connectivity index (χ1v) is 12.2. The van der Waals surface area contributed by atoms with Gasteiger partial charge in [-0.3, -0.25) is 9.59 Å². The Hall–Kier alpha value is -2.58. The van der Waals surface area contributed by atoms with Gasteiger partial charge < -0.3 is 25.2 Å². The normalized spacial score (nSPS) is 18.8. The number of benzene rings is 1. The van der Waals surface area contributed by atoms with Crippen molar-refractivity contribution < 1.29 is 23.1 Å². The maximum atomic E-state index is 12.8. The summed E-state index contributed by atoms with van der Waals surface area (Å²) >= 11 is 1.42. The van der Waals surface area contributed by atoms with E-state index in [-0.39, 0.29) is 23.0 Å². The Balaban J connectivity index is 1.83. The van der Waals surface area contributed by atoms with Gasteiger partial charge in [0.05, 0.1) is 23.2 Å². The van der Waals surface area contributed by atoms with Crippen LogP contribution in [0.4, 0.5) is 14.5 Å². The second-order valence-electron chi connectivity index (χ2n) is 8.15. The molecule has 1 fully saturated rings. The van der Waals surface area contributed by atoms with E-state index in [2.05, 4.69) is 10.6 Å². The number of halogens is 2. The zero-order valence-corrected chi connectivity index (χ0v) is 20.6. The summed E-state index contributed by atoms with van der Waals surface area (Å²) < 4.78 is 30.4. The molecule has 34 heavy (non-hydrogen) atoms. The molecule has 2 amide bonds. The molecule has 3 unspecified atom stereocenters. The number of thioether (sulfide) groups is 1. The van der Waals surface area contributed by atoms with E-state index in [1.165, 1.54) is 11.8 Å². The molecule has 0 aliphatic carbocycles. The number of alkyl halides is 2. The third-order valence-electron chi connectivity index (χ3n) is 5.31. The monoisotopic (exact) mass is 497 g/mol. The fourth-order valence-corrected chi connectivity index (χ4v) is 5.05. The van der Waals surface area contributed by atoms with Crippen molar-refractivity contribution in [2.75, 3.05) is 52.2 Å². The second-order valence-corrected chi connectivity index (χ2v) is 9.53. The molecule has 1 saturated heterocycles. The number of hydrogen-bond donors (Lipinski definition) is 2. The molecule has 2 N–H and O–H groups in total. The van der Waals surface area contributed by atoms with Gasteiger partial charge in [-0.25, -0.2) is 8.78 Å². The predicted octanol–water partition coefficient (Wildman–Crippen LogP) is 2.63. The summed E-state index contributed by atoms with van der Waals surface area (Å²) in [4.78, 5) is 28.6. The van der Waals surface area contributed by atoms with Crippen molar-refractivity contribution in [1.82, 2.24) is 15.1 Å². The summed E-state index contributed by atoms with van der Waals surface area (Å²) in [5, 5.41) is 14.1. The molecule has 0 spiro atoms. The fraction of sp³-hybridized carbons (Fsp3) is 0.609. The van der Waals surface area contributed by atoms with Gasteiger partial charge in [0.15, 0.2) is 0 Å². The second kappa shape index (κ2) is 14.0. The molecule has 0 bridgehead atoms. The van der Waals surface area contributed by atoms with Crippen LogP contribution in [0.2, 0.25) is 0 Å². The van der Waals surface area contributed by atoms with Gasteiger partial charge >= 0.3 is 0 Å². The molecule has 3 atom stereocenters. The first-order chi connectivity index (χ1) is 16.2. The molecule has 0 radical (unpaired) electrons. The standard InChI is InChI=1S/C23H33F2N5O3S/c1-4-30-21(13-16(14-26)22(31)28-15-20(24)25)34-19(23(30)32)9-10-27-17-5-7-18(8-6-17)33-12-11-29(2)3/h5-8,16,19-21,27H,4,9-13,15H2,1-3H3,(H,28,31). The molecule has 0 aromatic heterocycles. The predicted molar refractivity (Wildman–Crippen MR) is 129 cm³/mol. The number of nitrogens with one attached hydrogen (secondary N) is 2. The van der Waals surface area contributed by atoms with Gasteiger partial charge in [-0.15, -0.1) is 11.8 Å². The first-order valence-electron chi connectivity index (χ1n) is 11.3. The molecule has 1 aliphatic heterocycles. The molecule has 8 nitrogen and oxygen atoms in total. The van der Waals surface area contributed by atoms with Crippen molar-refractivity contribution >= 4 is 29.3 Å². The summed E-state index contributed by atoms with van der Waals surface area (Å²) in [5.74, 6) is -1.06. The maximum absolute atomic E-state index is 12.8. The van der Waals surface area contributed by atoms with Crippen LogP contribution in [0, 0.1) is 17.2 Å². The Bertz CT molecular complexity index is 835. The lowest BCUT2D eigenvalue weighted by Crippen LogP contribution is -2.39. The molecule has 0 saturated carbocycles. The Kier molecular flexibility index (Phi) is 11.4. The molecule has 1 aromatic rings. The SMILES string of the molecule is CCN1C(=O)C(CCNc2ccc(OCCN(C)C)cc2)SC1CC(C#N)C(=O)NCC(F)F. The van der Waals surface area contributed by atoms with E-state index in [0.717, 1.165) is 18.0 Å². The van der Waals surface area contributed by atoms with Crippen molar-refractivity contribution in [2.45, 2.75) is 36.8 Å². The minimum atomic E-state index is -2.68. The number of carbonyl (C=O) groups excluding carboxylic acids is 2. The molecule has 1 aromatic carbocycles. The Labute approximate surface area is 204 Å². The van der Waals surface area contributed by atoms with Crippen molar-refractivity contribution in [3.05, 3.63) is 24.3 Å². The Morgan fingerprint density at radius 3 is 2.62 bits per heavy atom. The van der Waals surface area contributed by atoms with E-state index in [1.807, 2.05) is 56.3 Å². The van der Waals surface area contributed by atoms with Crippen LogP contribution in [0.15, 0.2) is 24.3 Å². The molecule has 1 heterocycles. The summed E-state index contributed by atoms with van der Waals surface area (Å²) in [7, 11) is 3.97. The summed E-state index contributed by atoms with van der Waals surface area (Å²) in [6.07, 6.45) is -2.00. The van der Waals surface area contributed by atoms with Gasteiger partial charge in [-0.2, -0.15) is 5.26 Å². The lowest BCUT2D eigenvalue weighted by Gasteiger charge is -2.23. The van der Waals surface area contributed by atoms with Gasteiger partial charge in [0.2, 0.25) is 11.8 Å². The largest absolute Gasteiger partial charge is 0.492 e. The van der Waals surface area contributed by atoms with E-state index in [4.69, 9.17) is 4.74 Å². The third-order valence-corrected chi connectivity index (χ3v) is 6.83. The molecular weight excluding hydrogens is 464 g/mol. The van der Waals surface area contributed by atoms with Crippen molar-refractivity contribution in [1.29, 1.82) is 5.26 Å². The van der Waals surface area contributed by atoms with E-state index in [9.17, 15) is 23.6 Å². The van der Waals surface area contributed by atoms with Gasteiger partial charge in [0, 0.05) is 31.7 Å². The van der Waals surface area contributed by atoms with E-state index in [0.29, 0.717) is 26.1 Å². The number of carbonyl (C=O) groups is 2. The Morgan fingerprint density at radius 1 is 1.32 bits per heavy atom. The van der Waals surface area contributed by atoms with Crippen LogP contribution in [0.1, 0.15) is 19.8 Å². The van der Waals surface area contributed by atoms with Crippen LogP contribution in [0.3, 0.4) is 0 Å².